The molecule has 0 heterocycles. The van der Waals surface area contributed by atoms with E-state index in [0.29, 0.717) is 18.4 Å². The summed E-state index contributed by atoms with van der Waals surface area (Å²) in [7, 11) is 0. The van der Waals surface area contributed by atoms with Gasteiger partial charge in [0.25, 0.3) is 0 Å². The quantitative estimate of drug-likeness (QED) is 0.505. The number of hydrogen-bond donors (Lipinski definition) is 2. The molecule has 0 aromatic carbocycles. The Kier molecular flexibility index (Phi) is 4.42. The average molecular weight is 184 g/mol. The Morgan fingerprint density at radius 3 is 2.54 bits per heavy atom. The maximum atomic E-state index is 10.4. The Labute approximate surface area is 78.4 Å². The van der Waals surface area contributed by atoms with Crippen molar-refractivity contribution in [1.29, 1.82) is 0 Å². The third kappa shape index (κ3) is 5.20. The van der Waals surface area contributed by atoms with Crippen molar-refractivity contribution in [1.82, 2.24) is 0 Å². The molecule has 13 heavy (non-hydrogen) atoms. The molecule has 3 heteroatoms. The van der Waals surface area contributed by atoms with Gasteiger partial charge in [0.05, 0.1) is 5.60 Å². The summed E-state index contributed by atoms with van der Waals surface area (Å²) in [5.74, 6) is -0.918. The van der Waals surface area contributed by atoms with E-state index in [4.69, 9.17) is 5.11 Å². The average Bonchev–Trinajstić information content (AvgIpc) is 2.04. The summed E-state index contributed by atoms with van der Waals surface area (Å²) in [6, 6.07) is 0. The molecule has 0 saturated carbocycles. The molecule has 3 nitrogen and oxygen atoms in total. The smallest absolute Gasteiger partial charge is 0.330 e. The SMILES string of the molecule is C=C[C@@](C)(O)CC/C=C(\C)C(=O)O. The summed E-state index contributed by atoms with van der Waals surface area (Å²) < 4.78 is 0. The fourth-order valence-electron chi connectivity index (χ4n) is 0.770. The Morgan fingerprint density at radius 2 is 2.15 bits per heavy atom. The summed E-state index contributed by atoms with van der Waals surface area (Å²) >= 11 is 0. The van der Waals surface area contributed by atoms with E-state index in [-0.39, 0.29) is 0 Å². The van der Waals surface area contributed by atoms with Gasteiger partial charge in [0.1, 0.15) is 0 Å². The summed E-state index contributed by atoms with van der Waals surface area (Å²) in [5.41, 5.74) is -0.602. The van der Waals surface area contributed by atoms with Gasteiger partial charge in [-0.05, 0) is 26.7 Å². The lowest BCUT2D eigenvalue weighted by atomic mass is 10.00. The molecule has 0 aromatic rings. The minimum absolute atomic E-state index is 0.305. The van der Waals surface area contributed by atoms with Crippen LogP contribution in [0.3, 0.4) is 0 Å². The third-order valence-corrected chi connectivity index (χ3v) is 1.88. The summed E-state index contributed by atoms with van der Waals surface area (Å²) in [5, 5.41) is 18.0. The van der Waals surface area contributed by atoms with E-state index in [1.165, 1.54) is 13.0 Å². The number of carbonyl (C=O) groups is 1. The lowest BCUT2D eigenvalue weighted by Gasteiger charge is -2.16. The molecule has 0 aliphatic heterocycles. The van der Waals surface area contributed by atoms with Crippen molar-refractivity contribution < 1.29 is 15.0 Å². The van der Waals surface area contributed by atoms with Crippen molar-refractivity contribution in [2.24, 2.45) is 0 Å². The van der Waals surface area contributed by atoms with Crippen molar-refractivity contribution in [3.63, 3.8) is 0 Å². The molecule has 0 radical (unpaired) electrons. The normalized spacial score (nSPS) is 16.4. The molecule has 0 unspecified atom stereocenters. The van der Waals surface area contributed by atoms with Crippen LogP contribution in [0, 0.1) is 0 Å². The Bertz CT molecular complexity index is 226. The van der Waals surface area contributed by atoms with Gasteiger partial charge < -0.3 is 10.2 Å². The number of carboxylic acids is 1. The number of allylic oxidation sites excluding steroid dienone is 1. The first-order chi connectivity index (χ1) is 5.89. The van der Waals surface area contributed by atoms with Crippen LogP contribution in [0.25, 0.3) is 0 Å². The van der Waals surface area contributed by atoms with Crippen LogP contribution in [-0.4, -0.2) is 21.8 Å². The zero-order valence-corrected chi connectivity index (χ0v) is 8.08. The van der Waals surface area contributed by atoms with Crippen LogP contribution in [0.1, 0.15) is 26.7 Å². The zero-order valence-electron chi connectivity index (χ0n) is 8.08. The largest absolute Gasteiger partial charge is 0.478 e. The summed E-state index contributed by atoms with van der Waals surface area (Å²) in [6.07, 6.45) is 4.08. The Morgan fingerprint density at radius 1 is 1.62 bits per heavy atom. The van der Waals surface area contributed by atoms with Crippen LogP contribution in [-0.2, 0) is 4.79 Å². The molecule has 74 valence electrons. The van der Waals surface area contributed by atoms with E-state index < -0.39 is 11.6 Å². The molecule has 0 rings (SSSR count). The van der Waals surface area contributed by atoms with E-state index >= 15 is 0 Å². The lowest BCUT2D eigenvalue weighted by Crippen LogP contribution is -2.19. The predicted octanol–water partition coefficient (Wildman–Crippen LogP) is 1.73. The second-order valence-corrected chi connectivity index (χ2v) is 3.29. The molecule has 0 amide bonds. The fourth-order valence-corrected chi connectivity index (χ4v) is 0.770. The molecule has 0 spiro atoms. The van der Waals surface area contributed by atoms with Gasteiger partial charge in [-0.3, -0.25) is 0 Å². The van der Waals surface area contributed by atoms with Crippen LogP contribution < -0.4 is 0 Å². The van der Waals surface area contributed by atoms with E-state index in [2.05, 4.69) is 6.58 Å². The van der Waals surface area contributed by atoms with E-state index in [1.54, 1.807) is 13.0 Å². The monoisotopic (exact) mass is 184 g/mol. The van der Waals surface area contributed by atoms with Crippen molar-refractivity contribution in [3.05, 3.63) is 24.3 Å². The lowest BCUT2D eigenvalue weighted by molar-refractivity contribution is -0.132. The van der Waals surface area contributed by atoms with Crippen LogP contribution in [0.15, 0.2) is 24.3 Å². The van der Waals surface area contributed by atoms with E-state index in [1.807, 2.05) is 0 Å². The zero-order chi connectivity index (χ0) is 10.5. The Balaban J connectivity index is 3.99. The van der Waals surface area contributed by atoms with Crippen LogP contribution in [0.2, 0.25) is 0 Å². The second-order valence-electron chi connectivity index (χ2n) is 3.29. The first-order valence-corrected chi connectivity index (χ1v) is 4.15. The van der Waals surface area contributed by atoms with Crippen LogP contribution in [0.4, 0.5) is 0 Å². The maximum absolute atomic E-state index is 10.4. The van der Waals surface area contributed by atoms with Gasteiger partial charge in [0, 0.05) is 5.57 Å². The van der Waals surface area contributed by atoms with Crippen molar-refractivity contribution in [2.75, 3.05) is 0 Å². The first-order valence-electron chi connectivity index (χ1n) is 4.15. The third-order valence-electron chi connectivity index (χ3n) is 1.88. The molecular weight excluding hydrogens is 168 g/mol. The van der Waals surface area contributed by atoms with Gasteiger partial charge in [-0.2, -0.15) is 0 Å². The van der Waals surface area contributed by atoms with Crippen molar-refractivity contribution in [3.8, 4) is 0 Å². The number of hydrogen-bond acceptors (Lipinski definition) is 2. The van der Waals surface area contributed by atoms with Crippen LogP contribution >= 0.6 is 0 Å². The standard InChI is InChI=1S/C10H16O3/c1-4-10(3,13)7-5-6-8(2)9(11)12/h4,6,13H,1,5,7H2,2-3H3,(H,11,12)/b8-6+/t10-/m1/s1. The van der Waals surface area contributed by atoms with Gasteiger partial charge >= 0.3 is 5.97 Å². The molecular formula is C10H16O3. The minimum Gasteiger partial charge on any atom is -0.478 e. The maximum Gasteiger partial charge on any atom is 0.330 e. The van der Waals surface area contributed by atoms with Gasteiger partial charge in [-0.25, -0.2) is 4.79 Å². The number of carboxylic acid groups (broad SMARTS) is 1. The molecule has 0 fully saturated rings. The molecule has 0 aliphatic carbocycles. The molecule has 1 atom stereocenters. The highest BCUT2D eigenvalue weighted by Crippen LogP contribution is 2.13. The molecule has 2 N–H and O–H groups in total. The molecule has 0 aliphatic rings. The number of aliphatic hydroxyl groups is 1. The molecule has 0 saturated heterocycles. The second kappa shape index (κ2) is 4.82. The van der Waals surface area contributed by atoms with Crippen molar-refractivity contribution >= 4 is 5.97 Å². The number of aliphatic carboxylic acids is 1. The van der Waals surface area contributed by atoms with Crippen molar-refractivity contribution in [2.45, 2.75) is 32.3 Å². The molecule has 0 bridgehead atoms. The molecule has 0 aromatic heterocycles. The van der Waals surface area contributed by atoms with E-state index in [0.717, 1.165) is 0 Å². The summed E-state index contributed by atoms with van der Waals surface area (Å²) in [6.45, 7) is 6.65. The number of rotatable bonds is 5. The first kappa shape index (κ1) is 11.9. The topological polar surface area (TPSA) is 57.5 Å². The van der Waals surface area contributed by atoms with Gasteiger partial charge in [-0.15, -0.1) is 6.58 Å². The summed E-state index contributed by atoms with van der Waals surface area (Å²) in [4.78, 5) is 10.4. The highest BCUT2D eigenvalue weighted by molar-refractivity contribution is 5.85. The van der Waals surface area contributed by atoms with Gasteiger partial charge in [0.2, 0.25) is 0 Å². The van der Waals surface area contributed by atoms with Gasteiger partial charge in [-0.1, -0.05) is 12.2 Å². The van der Waals surface area contributed by atoms with Crippen LogP contribution in [0.5, 0.6) is 0 Å². The van der Waals surface area contributed by atoms with Gasteiger partial charge in [0.15, 0.2) is 0 Å². The highest BCUT2D eigenvalue weighted by atomic mass is 16.4. The highest BCUT2D eigenvalue weighted by Gasteiger charge is 2.13. The Hall–Kier alpha value is -1.09. The predicted molar refractivity (Wildman–Crippen MR) is 51.4 cm³/mol. The fraction of sp³-hybridized carbons (Fsp3) is 0.500. The van der Waals surface area contributed by atoms with E-state index in [9.17, 15) is 9.90 Å². The minimum atomic E-state index is -0.918.